The molecule has 7 heteroatoms. The molecule has 6 nitrogen and oxygen atoms in total. The molecule has 0 aliphatic heterocycles. The molecule has 1 aromatic heterocycles. The van der Waals surface area contributed by atoms with Crippen LogP contribution < -0.4 is 5.32 Å². The Kier molecular flexibility index (Phi) is 7.96. The molecule has 1 N–H and O–H groups in total. The van der Waals surface area contributed by atoms with Crippen molar-refractivity contribution in [2.45, 2.75) is 70.8 Å². The standard InChI is InChI=1S/C28H33N3O3S/c1-28(2,3)34-25(32)18-20-9-11-21(12-10-20)22-13-15-23(16-14-22)26(33)29-27-31-30-24(35-27)17-19-7-5-4-6-8-19/h4-8,13-16,20-21H,9-12,17-18H2,1-3H3,(H,29,31,33). The van der Waals surface area contributed by atoms with Gasteiger partial charge in [0.1, 0.15) is 10.6 Å². The molecule has 35 heavy (non-hydrogen) atoms. The minimum atomic E-state index is -0.428. The van der Waals surface area contributed by atoms with Crippen LogP contribution in [0.2, 0.25) is 0 Å². The van der Waals surface area contributed by atoms with E-state index in [2.05, 4.69) is 39.8 Å². The Morgan fingerprint density at radius 1 is 0.971 bits per heavy atom. The summed E-state index contributed by atoms with van der Waals surface area (Å²) in [5.74, 6) is 0.578. The Morgan fingerprint density at radius 3 is 2.31 bits per heavy atom. The molecule has 1 fully saturated rings. The number of carbonyl (C=O) groups is 2. The van der Waals surface area contributed by atoms with Crippen LogP contribution in [0.25, 0.3) is 0 Å². The summed E-state index contributed by atoms with van der Waals surface area (Å²) in [6.45, 7) is 5.72. The second kappa shape index (κ2) is 11.1. The zero-order chi connectivity index (χ0) is 24.8. The van der Waals surface area contributed by atoms with E-state index in [0.717, 1.165) is 36.3 Å². The maximum atomic E-state index is 12.7. The van der Waals surface area contributed by atoms with Gasteiger partial charge in [0, 0.05) is 18.4 Å². The molecule has 4 rings (SSSR count). The SMILES string of the molecule is CC(C)(C)OC(=O)CC1CCC(c2ccc(C(=O)Nc3nnc(Cc4ccccc4)s3)cc2)CC1. The van der Waals surface area contributed by atoms with Crippen LogP contribution in [-0.4, -0.2) is 27.7 Å². The van der Waals surface area contributed by atoms with Gasteiger partial charge in [-0.2, -0.15) is 0 Å². The number of ether oxygens (including phenoxy) is 1. The third-order valence-corrected chi connectivity index (χ3v) is 7.09. The summed E-state index contributed by atoms with van der Waals surface area (Å²) in [5, 5.41) is 12.6. The highest BCUT2D eigenvalue weighted by molar-refractivity contribution is 7.15. The number of aromatic nitrogens is 2. The highest BCUT2D eigenvalue weighted by Gasteiger charge is 2.26. The van der Waals surface area contributed by atoms with E-state index in [1.165, 1.54) is 16.9 Å². The van der Waals surface area contributed by atoms with Gasteiger partial charge in [-0.1, -0.05) is 53.8 Å². The fourth-order valence-corrected chi connectivity index (χ4v) is 5.31. The normalized spacial score (nSPS) is 18.1. The van der Waals surface area contributed by atoms with Gasteiger partial charge in [0.2, 0.25) is 5.13 Å². The van der Waals surface area contributed by atoms with Crippen molar-refractivity contribution in [3.05, 3.63) is 76.3 Å². The van der Waals surface area contributed by atoms with Crippen molar-refractivity contribution in [2.24, 2.45) is 5.92 Å². The van der Waals surface area contributed by atoms with Crippen molar-refractivity contribution >= 4 is 28.3 Å². The minimum Gasteiger partial charge on any atom is -0.460 e. The van der Waals surface area contributed by atoms with E-state index in [1.54, 1.807) is 0 Å². The van der Waals surface area contributed by atoms with Crippen LogP contribution in [0.1, 0.15) is 85.3 Å². The van der Waals surface area contributed by atoms with Crippen molar-refractivity contribution in [3.8, 4) is 0 Å². The van der Waals surface area contributed by atoms with Crippen molar-refractivity contribution in [2.75, 3.05) is 5.32 Å². The van der Waals surface area contributed by atoms with Gasteiger partial charge < -0.3 is 4.74 Å². The molecule has 1 heterocycles. The van der Waals surface area contributed by atoms with E-state index >= 15 is 0 Å². The van der Waals surface area contributed by atoms with Crippen LogP contribution in [0, 0.1) is 5.92 Å². The van der Waals surface area contributed by atoms with Gasteiger partial charge in [-0.05, 0) is 81.5 Å². The lowest BCUT2D eigenvalue weighted by molar-refractivity contribution is -0.156. The fraction of sp³-hybridized carbons (Fsp3) is 0.429. The van der Waals surface area contributed by atoms with Crippen LogP contribution in [0.3, 0.4) is 0 Å². The highest BCUT2D eigenvalue weighted by Crippen LogP contribution is 2.37. The zero-order valence-corrected chi connectivity index (χ0v) is 21.4. The lowest BCUT2D eigenvalue weighted by atomic mass is 9.77. The average Bonchev–Trinajstić information content (AvgIpc) is 3.25. The molecule has 0 unspecified atom stereocenters. The van der Waals surface area contributed by atoms with Crippen LogP contribution in [0.4, 0.5) is 5.13 Å². The molecule has 2 aromatic carbocycles. The first-order valence-corrected chi connectivity index (χ1v) is 13.1. The topological polar surface area (TPSA) is 81.2 Å². The number of rotatable bonds is 7. The number of amides is 1. The van der Waals surface area contributed by atoms with E-state index in [1.807, 2.05) is 51.1 Å². The first-order valence-electron chi connectivity index (χ1n) is 12.2. The summed E-state index contributed by atoms with van der Waals surface area (Å²) >= 11 is 1.40. The third-order valence-electron chi connectivity index (χ3n) is 6.25. The first-order chi connectivity index (χ1) is 16.7. The van der Waals surface area contributed by atoms with E-state index in [0.29, 0.717) is 35.4 Å². The summed E-state index contributed by atoms with van der Waals surface area (Å²) < 4.78 is 5.47. The quantitative estimate of drug-likeness (QED) is 0.388. The molecular weight excluding hydrogens is 458 g/mol. The smallest absolute Gasteiger partial charge is 0.306 e. The van der Waals surface area contributed by atoms with Gasteiger partial charge in [0.15, 0.2) is 0 Å². The molecule has 1 saturated carbocycles. The average molecular weight is 492 g/mol. The Balaban J connectivity index is 1.26. The van der Waals surface area contributed by atoms with Crippen molar-refractivity contribution in [1.82, 2.24) is 10.2 Å². The molecule has 1 aliphatic rings. The first kappa shape index (κ1) is 25.0. The van der Waals surface area contributed by atoms with E-state index in [9.17, 15) is 9.59 Å². The van der Waals surface area contributed by atoms with Crippen LogP contribution in [0.15, 0.2) is 54.6 Å². The zero-order valence-electron chi connectivity index (χ0n) is 20.6. The monoisotopic (exact) mass is 491 g/mol. The number of nitrogens with zero attached hydrogens (tertiary/aromatic N) is 2. The highest BCUT2D eigenvalue weighted by atomic mass is 32.1. The van der Waals surface area contributed by atoms with Crippen LogP contribution in [0.5, 0.6) is 0 Å². The van der Waals surface area contributed by atoms with Gasteiger partial charge in [-0.3, -0.25) is 14.9 Å². The van der Waals surface area contributed by atoms with Gasteiger partial charge in [-0.25, -0.2) is 0 Å². The Bertz CT molecular complexity index is 1130. The Morgan fingerprint density at radius 2 is 1.66 bits per heavy atom. The number of carbonyl (C=O) groups excluding carboxylic acids is 2. The number of esters is 1. The number of hydrogen-bond donors (Lipinski definition) is 1. The largest absolute Gasteiger partial charge is 0.460 e. The number of benzene rings is 2. The predicted octanol–water partition coefficient (Wildman–Crippen LogP) is 6.39. The maximum absolute atomic E-state index is 12.7. The van der Waals surface area contributed by atoms with E-state index in [-0.39, 0.29) is 11.9 Å². The van der Waals surface area contributed by atoms with Crippen molar-refractivity contribution < 1.29 is 14.3 Å². The van der Waals surface area contributed by atoms with Crippen LogP contribution in [-0.2, 0) is 16.0 Å². The van der Waals surface area contributed by atoms with Gasteiger partial charge in [0.25, 0.3) is 5.91 Å². The fourth-order valence-electron chi connectivity index (χ4n) is 4.54. The summed E-state index contributed by atoms with van der Waals surface area (Å²) in [4.78, 5) is 24.8. The second-order valence-electron chi connectivity index (χ2n) is 10.2. The van der Waals surface area contributed by atoms with Gasteiger partial charge in [0.05, 0.1) is 0 Å². The summed E-state index contributed by atoms with van der Waals surface area (Å²) in [6.07, 6.45) is 5.34. The molecule has 0 spiro atoms. The molecule has 0 saturated heterocycles. The molecule has 1 aliphatic carbocycles. The molecule has 3 aromatic rings. The van der Waals surface area contributed by atoms with Crippen LogP contribution >= 0.6 is 11.3 Å². The second-order valence-corrected chi connectivity index (χ2v) is 11.3. The Labute approximate surface area is 211 Å². The lowest BCUT2D eigenvalue weighted by Gasteiger charge is -2.29. The molecule has 1 amide bonds. The van der Waals surface area contributed by atoms with E-state index < -0.39 is 5.60 Å². The van der Waals surface area contributed by atoms with E-state index in [4.69, 9.17) is 4.74 Å². The molecule has 0 bridgehead atoms. The van der Waals surface area contributed by atoms with Gasteiger partial charge in [-0.15, -0.1) is 10.2 Å². The molecule has 0 atom stereocenters. The maximum Gasteiger partial charge on any atom is 0.306 e. The van der Waals surface area contributed by atoms with Gasteiger partial charge >= 0.3 is 5.97 Å². The number of hydrogen-bond acceptors (Lipinski definition) is 6. The molecular formula is C28H33N3O3S. The van der Waals surface area contributed by atoms with Crippen molar-refractivity contribution in [3.63, 3.8) is 0 Å². The molecule has 184 valence electrons. The summed E-state index contributed by atoms with van der Waals surface area (Å²) in [5.41, 5.74) is 2.59. The predicted molar refractivity (Wildman–Crippen MR) is 139 cm³/mol. The number of anilines is 1. The molecule has 0 radical (unpaired) electrons. The minimum absolute atomic E-state index is 0.0982. The summed E-state index contributed by atoms with van der Waals surface area (Å²) in [7, 11) is 0. The van der Waals surface area contributed by atoms with Crippen molar-refractivity contribution in [1.29, 1.82) is 0 Å². The lowest BCUT2D eigenvalue weighted by Crippen LogP contribution is -2.26. The Hall–Kier alpha value is -3.06. The summed E-state index contributed by atoms with van der Waals surface area (Å²) in [6, 6.07) is 17.9. The number of nitrogens with one attached hydrogen (secondary N) is 1. The third kappa shape index (κ3) is 7.46.